The highest BCUT2D eigenvalue weighted by Gasteiger charge is 2.32. The van der Waals surface area contributed by atoms with Crippen molar-refractivity contribution in [3.63, 3.8) is 0 Å². The zero-order valence-corrected chi connectivity index (χ0v) is 30.1. The molecule has 1 saturated carbocycles. The molecule has 3 aromatic rings. The minimum absolute atomic E-state index is 0. The summed E-state index contributed by atoms with van der Waals surface area (Å²) in [7, 11) is 0. The lowest BCUT2D eigenvalue weighted by Crippen LogP contribution is -2.46. The minimum Gasteiger partial charge on any atom is -0.346 e. The Morgan fingerprint density at radius 3 is 2.33 bits per heavy atom. The summed E-state index contributed by atoms with van der Waals surface area (Å²) in [4.78, 5) is 72.3. The Hall–Kier alpha value is -2.87. The molecule has 1 fully saturated rings. The van der Waals surface area contributed by atoms with Gasteiger partial charge in [0, 0.05) is 43.5 Å². The predicted molar refractivity (Wildman–Crippen MR) is 200 cm³/mol. The van der Waals surface area contributed by atoms with E-state index in [-0.39, 0.29) is 102 Å². The normalized spacial score (nSPS) is 15.5. The van der Waals surface area contributed by atoms with Gasteiger partial charge in [0.25, 0.3) is 5.91 Å². The number of benzene rings is 2. The Bertz CT molecular complexity index is 1440. The maximum atomic E-state index is 13.9. The minimum atomic E-state index is -0.925. The number of fused-ring (bicyclic) bond motifs is 1. The lowest BCUT2D eigenvalue weighted by molar-refractivity contribution is -0.132. The van der Waals surface area contributed by atoms with Gasteiger partial charge in [0.15, 0.2) is 5.78 Å². The molecule has 0 bridgehead atoms. The van der Waals surface area contributed by atoms with Crippen LogP contribution in [0.3, 0.4) is 0 Å². The molecule has 9 nitrogen and oxygen atoms in total. The Kier molecular flexibility index (Phi) is 19.8. The van der Waals surface area contributed by atoms with Crippen LogP contribution in [-0.2, 0) is 25.6 Å². The highest BCUT2D eigenvalue weighted by Crippen LogP contribution is 2.26. The van der Waals surface area contributed by atoms with Crippen LogP contribution in [0.1, 0.15) is 68.4 Å². The van der Waals surface area contributed by atoms with Gasteiger partial charge in [-0.05, 0) is 47.9 Å². The smallest absolute Gasteiger partial charge is 0.272 e. The van der Waals surface area contributed by atoms with Crippen LogP contribution in [-0.4, -0.2) is 51.7 Å². The molecule has 1 aromatic heterocycles. The zero-order valence-electron chi connectivity index (χ0n) is 26.1. The molecule has 2 N–H and O–H groups in total. The summed E-state index contributed by atoms with van der Waals surface area (Å²) < 4.78 is 0. The van der Waals surface area contributed by atoms with Crippen LogP contribution in [0.25, 0.3) is 10.8 Å². The van der Waals surface area contributed by atoms with Crippen molar-refractivity contribution in [3.8, 4) is 0 Å². The number of hydrogen-bond donors (Lipinski definition) is 2. The number of Topliss-reactive ketones (excluding diaryl/α,β-unsaturated/α-hetero) is 2. The number of ketones is 2. The zero-order chi connectivity index (χ0) is 30.1. The first kappa shape index (κ1) is 43.1. The van der Waals surface area contributed by atoms with E-state index in [1.54, 1.807) is 0 Å². The number of aldehydes is 1. The predicted octanol–water partition coefficient (Wildman–Crippen LogP) is 4.49. The lowest BCUT2D eigenvalue weighted by atomic mass is 9.87. The second kappa shape index (κ2) is 21.1. The maximum Gasteiger partial charge on any atom is 0.272 e. The highest BCUT2D eigenvalue weighted by atomic mass is 32.1. The molecule has 1 aliphatic carbocycles. The van der Waals surface area contributed by atoms with Crippen molar-refractivity contribution in [3.05, 3.63) is 72.3 Å². The summed E-state index contributed by atoms with van der Waals surface area (Å²) in [5.74, 6) is -1.94. The molecule has 0 aliphatic heterocycles. The molecule has 1 heterocycles. The van der Waals surface area contributed by atoms with E-state index < -0.39 is 29.8 Å². The second-order valence-electron chi connectivity index (χ2n) is 11.5. The highest BCUT2D eigenvalue weighted by molar-refractivity contribution is 7.59. The molecular weight excluding hydrogens is 661 g/mol. The Labute approximate surface area is 298 Å². The van der Waals surface area contributed by atoms with E-state index in [1.165, 1.54) is 18.6 Å². The fraction of sp³-hybridized carbons (Fsp3) is 0.424. The van der Waals surface area contributed by atoms with E-state index in [9.17, 15) is 24.0 Å². The van der Waals surface area contributed by atoms with Crippen molar-refractivity contribution in [1.29, 1.82) is 0 Å². The molecule has 1 aliphatic rings. The largest absolute Gasteiger partial charge is 0.346 e. The summed E-state index contributed by atoms with van der Waals surface area (Å²) in [6.45, 7) is 3.92. The van der Waals surface area contributed by atoms with Gasteiger partial charge in [0.2, 0.25) is 5.91 Å². The monoisotopic (exact) mass is 706 g/mol. The van der Waals surface area contributed by atoms with Gasteiger partial charge in [-0.1, -0.05) is 56.3 Å². The van der Waals surface area contributed by atoms with Gasteiger partial charge in [-0.2, -0.15) is 54.0 Å². The summed E-state index contributed by atoms with van der Waals surface area (Å²) in [5, 5.41) is 7.60. The summed E-state index contributed by atoms with van der Waals surface area (Å²) >= 11 is 0. The number of nitrogens with one attached hydrogen (secondary N) is 2. The molecule has 4 atom stereocenters. The maximum absolute atomic E-state index is 13.9. The van der Waals surface area contributed by atoms with Crippen LogP contribution in [0, 0.1) is 17.8 Å². The Morgan fingerprint density at radius 2 is 1.70 bits per heavy atom. The number of carbonyl (C=O) groups excluding carboxylic acids is 5. The van der Waals surface area contributed by atoms with Crippen LogP contribution in [0.5, 0.6) is 0 Å². The molecule has 2 aromatic carbocycles. The first-order valence-corrected chi connectivity index (χ1v) is 14.6. The summed E-state index contributed by atoms with van der Waals surface area (Å²) in [5.41, 5.74) is 0.970. The average molecular weight is 707 g/mol. The number of amides is 2. The third kappa shape index (κ3) is 12.1. The van der Waals surface area contributed by atoms with Crippen LogP contribution in [0.15, 0.2) is 61.1 Å². The van der Waals surface area contributed by atoms with Crippen LogP contribution in [0.2, 0.25) is 0 Å². The first-order chi connectivity index (χ1) is 20.2. The fourth-order valence-electron chi connectivity index (χ4n) is 5.71. The van der Waals surface area contributed by atoms with Crippen LogP contribution >= 0.6 is 54.0 Å². The number of hydrogen-bond acceptors (Lipinski definition) is 7. The van der Waals surface area contributed by atoms with Gasteiger partial charge in [-0.3, -0.25) is 24.2 Å². The first-order valence-electron chi connectivity index (χ1n) is 14.6. The third-order valence-corrected chi connectivity index (χ3v) is 7.83. The van der Waals surface area contributed by atoms with E-state index in [0.717, 1.165) is 22.8 Å². The van der Waals surface area contributed by atoms with E-state index in [4.69, 9.17) is 0 Å². The van der Waals surface area contributed by atoms with E-state index in [2.05, 4.69) is 20.6 Å². The van der Waals surface area contributed by atoms with Gasteiger partial charge in [0.05, 0.1) is 18.3 Å². The van der Waals surface area contributed by atoms with Gasteiger partial charge in [0.1, 0.15) is 17.8 Å². The van der Waals surface area contributed by atoms with Crippen molar-refractivity contribution < 1.29 is 24.0 Å². The van der Waals surface area contributed by atoms with Crippen molar-refractivity contribution in [2.45, 2.75) is 70.9 Å². The Morgan fingerprint density at radius 1 is 0.978 bits per heavy atom. The van der Waals surface area contributed by atoms with Gasteiger partial charge in [-0.15, -0.1) is 0 Å². The SMILES string of the molecule is CC(C)C[C@H](CC(=O)[C@H](Cc1cccc2ccccc12)NC(=O)c1cnccn1)C(=O)N[C@H](C=O)C[C@@H]1CCCC1=O.S.S.S.S. The molecule has 252 valence electrons. The molecule has 46 heavy (non-hydrogen) atoms. The number of carbonyl (C=O) groups is 5. The lowest BCUT2D eigenvalue weighted by Gasteiger charge is -2.24. The van der Waals surface area contributed by atoms with Crippen LogP contribution < -0.4 is 10.6 Å². The number of nitrogens with zero attached hydrogens (tertiary/aromatic N) is 2. The topological polar surface area (TPSA) is 135 Å². The molecule has 13 heteroatoms. The standard InChI is InChI=1S/C33H38N4O5.4H2S/c1-21(2)15-25(32(41)36-26(20-38)16-24-10-6-12-30(24)39)18-31(40)28(37-33(42)29-19-34-13-14-35-29)17-23-9-5-8-22-7-3-4-11-27(22)23;;;;/h3-5,7-9,11,13-14,19-21,24-26,28H,6,10,12,15-18H2,1-2H3,(H,36,41)(H,37,42);4*1H2/t24-,25+,26-,28-;;;;/m0..../s1. The average Bonchev–Trinajstić information content (AvgIpc) is 3.40. The number of aromatic nitrogens is 2. The van der Waals surface area contributed by atoms with E-state index in [0.29, 0.717) is 25.5 Å². The molecule has 2 amide bonds. The fourth-order valence-corrected chi connectivity index (χ4v) is 5.71. The van der Waals surface area contributed by atoms with Crippen molar-refractivity contribution in [2.75, 3.05) is 0 Å². The van der Waals surface area contributed by atoms with Crippen molar-refractivity contribution in [1.82, 2.24) is 20.6 Å². The molecule has 0 unspecified atom stereocenters. The molecule has 0 saturated heterocycles. The molecular formula is C33H46N4O5S4. The van der Waals surface area contributed by atoms with E-state index in [1.807, 2.05) is 56.3 Å². The number of rotatable bonds is 14. The van der Waals surface area contributed by atoms with Crippen molar-refractivity contribution in [2.24, 2.45) is 17.8 Å². The summed E-state index contributed by atoms with van der Waals surface area (Å²) in [6, 6.07) is 11.9. The van der Waals surface area contributed by atoms with Gasteiger partial charge in [-0.25, -0.2) is 4.98 Å². The third-order valence-electron chi connectivity index (χ3n) is 7.83. The summed E-state index contributed by atoms with van der Waals surface area (Å²) in [6.07, 6.45) is 7.69. The van der Waals surface area contributed by atoms with E-state index >= 15 is 0 Å². The second-order valence-corrected chi connectivity index (χ2v) is 11.5. The van der Waals surface area contributed by atoms with Crippen LogP contribution in [0.4, 0.5) is 0 Å². The van der Waals surface area contributed by atoms with Gasteiger partial charge >= 0.3 is 0 Å². The van der Waals surface area contributed by atoms with Crippen molar-refractivity contribution >= 4 is 94.4 Å². The Balaban J connectivity index is 0.00000506. The quantitative estimate of drug-likeness (QED) is 0.236. The van der Waals surface area contributed by atoms with Gasteiger partial charge < -0.3 is 15.4 Å². The molecule has 0 spiro atoms. The molecule has 4 rings (SSSR count). The molecule has 0 radical (unpaired) electrons.